The number of methoxy groups -OCH3 is 2. The molecule has 110 heavy (non-hydrogen) atoms. The number of hydroxylamine groups is 2. The Balaban J connectivity index is 0.723. The molecule has 0 aliphatic carbocycles. The van der Waals surface area contributed by atoms with Crippen LogP contribution in [0.15, 0.2) is 35.9 Å². The number of benzene rings is 1. The van der Waals surface area contributed by atoms with E-state index in [2.05, 4.69) is 10.6 Å². The van der Waals surface area contributed by atoms with Gasteiger partial charge in [0.1, 0.15) is 40.7 Å². The van der Waals surface area contributed by atoms with Gasteiger partial charge in [-0.3, -0.25) is 43.8 Å². The van der Waals surface area contributed by atoms with Crippen LogP contribution in [0.5, 0.6) is 5.75 Å². The van der Waals surface area contributed by atoms with Crippen LogP contribution in [-0.2, 0) is 130 Å². The first-order valence-electron chi connectivity index (χ1n) is 37.0. The van der Waals surface area contributed by atoms with Crippen molar-refractivity contribution in [3.8, 4) is 5.75 Å². The van der Waals surface area contributed by atoms with Gasteiger partial charge in [0.2, 0.25) is 29.5 Å². The predicted molar refractivity (Wildman–Crippen MR) is 392 cm³/mol. The van der Waals surface area contributed by atoms with Crippen molar-refractivity contribution in [3.05, 3.63) is 46.5 Å². The van der Waals surface area contributed by atoms with E-state index in [1.165, 1.54) is 45.0 Å². The van der Waals surface area contributed by atoms with E-state index < -0.39 is 113 Å². The number of fused-ring (bicyclic) bond motifs is 5. The number of esters is 1. The maximum atomic E-state index is 14.4. The number of imide groups is 2. The van der Waals surface area contributed by atoms with Gasteiger partial charge in [-0.05, 0) is 44.9 Å². The third-order valence-electron chi connectivity index (χ3n) is 18.2. The molecule has 37 heteroatoms. The average Bonchev–Trinajstić information content (AvgIpc) is 1.57. The number of hydrogen-bond acceptors (Lipinski definition) is 30. The summed E-state index contributed by atoms with van der Waals surface area (Å²) in [6, 6.07) is 2.34. The van der Waals surface area contributed by atoms with Crippen molar-refractivity contribution >= 4 is 88.4 Å². The number of amides is 8. The average molecular weight is 1600 g/mol. The number of epoxide rings is 1. The zero-order valence-electron chi connectivity index (χ0n) is 64.3. The summed E-state index contributed by atoms with van der Waals surface area (Å²) in [7, 11) is 5.82. The van der Waals surface area contributed by atoms with E-state index in [4.69, 9.17) is 97.0 Å². The number of nitrogens with one attached hydrogen (secondary N) is 2. The molecule has 5 aliphatic rings. The van der Waals surface area contributed by atoms with Crippen molar-refractivity contribution in [2.45, 2.75) is 133 Å². The number of aliphatic hydroxyl groups is 1. The number of hydrogen-bond donors (Lipinski definition) is 3. The van der Waals surface area contributed by atoms with E-state index in [1.54, 1.807) is 38.1 Å². The number of likely N-dealkylation sites (N-methyl/N-ethyl adjacent to an activating group) is 1. The molecule has 0 aromatic heterocycles. The van der Waals surface area contributed by atoms with Gasteiger partial charge in [-0.15, -0.1) is 16.8 Å². The lowest BCUT2D eigenvalue weighted by Gasteiger charge is -2.42. The number of carbonyl (C=O) groups excluding carboxylic acids is 10. The second-order valence-corrected chi connectivity index (χ2v) is 28.0. The van der Waals surface area contributed by atoms with Crippen molar-refractivity contribution in [2.75, 3.05) is 211 Å². The Labute approximate surface area is 650 Å². The fourth-order valence-corrected chi connectivity index (χ4v) is 13.2. The lowest BCUT2D eigenvalue weighted by Crippen LogP contribution is -2.63. The van der Waals surface area contributed by atoms with E-state index in [0.717, 1.165) is 27.8 Å². The number of carbonyl (C=O) groups is 10. The van der Waals surface area contributed by atoms with Crippen molar-refractivity contribution in [1.29, 1.82) is 0 Å². The molecule has 0 radical (unpaired) electrons. The van der Waals surface area contributed by atoms with Gasteiger partial charge in [0.25, 0.3) is 11.8 Å². The quantitative estimate of drug-likeness (QED) is 0.0365. The van der Waals surface area contributed by atoms with Crippen LogP contribution in [0.25, 0.3) is 0 Å². The normalized spacial score (nSPS) is 23.3. The number of rotatable bonds is 52. The van der Waals surface area contributed by atoms with E-state index in [9.17, 15) is 53.1 Å². The Morgan fingerprint density at radius 1 is 0.709 bits per heavy atom. The highest BCUT2D eigenvalue weighted by atomic mass is 35.5. The monoisotopic (exact) mass is 1600 g/mol. The molecule has 0 spiro atoms. The molecular weight excluding hydrogens is 1490 g/mol. The lowest BCUT2D eigenvalue weighted by molar-refractivity contribution is -0.198. The summed E-state index contributed by atoms with van der Waals surface area (Å²) in [4.78, 5) is 137. The molecule has 4 bridgehead atoms. The molecule has 0 saturated carbocycles. The van der Waals surface area contributed by atoms with Gasteiger partial charge in [0, 0.05) is 84.5 Å². The SMILES string of the molecule is COc1cc2cc(c1Cl)N(C)C(=O)C[C@H](OC(=O)[C@@H](C)N(C)C(=O)CCSC1CC(=O)N(CCC(=O)NCCOCCOCCOCCOCCOCCOCCOCCOCCOCCOCCOCCOCCC(=O)ON3C(=O)CCC3=O)C1=O)[C@]1(C)O[C@H]1[C@H](C)[C@@H]1C[C@@](O)(NC(=O)O1)[C@H](OC)/C=C/C=C(\C)C2. The highest BCUT2D eigenvalue weighted by Gasteiger charge is 2.64. The van der Waals surface area contributed by atoms with Crippen LogP contribution in [0.3, 0.4) is 0 Å². The maximum absolute atomic E-state index is 14.4. The minimum Gasteiger partial charge on any atom is -0.495 e. The molecule has 4 saturated heterocycles. The summed E-state index contributed by atoms with van der Waals surface area (Å²) in [6.45, 7) is 15.5. The van der Waals surface area contributed by atoms with Crippen LogP contribution in [0, 0.1) is 5.92 Å². The maximum Gasteiger partial charge on any atom is 0.409 e. The van der Waals surface area contributed by atoms with E-state index >= 15 is 0 Å². The van der Waals surface area contributed by atoms with E-state index in [1.807, 2.05) is 13.0 Å². The standard InChI is InChI=1S/C73H111ClN6O29S/c1-50-10-9-11-58(93-8)73(91)49-56(106-71(90)76-73)51(2)68-72(4,108-68)59(48-64(85)78(6)54-45-53(44-50)46-55(92-7)67(54)74)107-70(89)52(3)77(5)61(82)16-43-110-57-47-65(86)79(69(57)88)18-14-60(81)75-17-20-95-22-24-97-26-28-99-30-32-101-34-36-103-38-40-105-42-41-104-39-37-102-35-33-100-31-29-98-27-25-96-23-21-94-19-15-66(87)109-80-62(83)12-13-63(80)84/h9-11,45-46,51-52,56-59,68,91H,12-44,47-49H2,1-8H3,(H,75,81)(H,76,90)/b11-9+,50-10+/t51-,52-,56+,57?,58-,59+,68+,72+,73+/m1/s1. The zero-order valence-corrected chi connectivity index (χ0v) is 65.9. The molecule has 5 heterocycles. The third-order valence-corrected chi connectivity index (χ3v) is 19.8. The van der Waals surface area contributed by atoms with Gasteiger partial charge < -0.3 is 106 Å². The topological polar surface area (TPSA) is 397 Å². The number of likely N-dealkylation sites (tertiary alicyclic amines) is 1. The van der Waals surface area contributed by atoms with E-state index in [-0.39, 0.29) is 101 Å². The molecule has 4 fully saturated rings. The third kappa shape index (κ3) is 31.4. The Bertz CT molecular complexity index is 3160. The second kappa shape index (κ2) is 49.8. The first kappa shape index (κ1) is 92.3. The van der Waals surface area contributed by atoms with Crippen LogP contribution in [0.4, 0.5) is 10.5 Å². The molecule has 6 rings (SSSR count). The summed E-state index contributed by atoms with van der Waals surface area (Å²) in [6.07, 6.45) is -0.172. The van der Waals surface area contributed by atoms with Crippen molar-refractivity contribution in [1.82, 2.24) is 25.5 Å². The molecule has 620 valence electrons. The second-order valence-electron chi connectivity index (χ2n) is 26.3. The number of allylic oxidation sites excluding steroid dienone is 3. The fraction of sp³-hybridized carbons (Fsp3) is 0.726. The molecule has 1 unspecified atom stereocenters. The Hall–Kier alpha value is -6.56. The van der Waals surface area contributed by atoms with Crippen LogP contribution in [0.1, 0.15) is 84.6 Å². The van der Waals surface area contributed by atoms with Gasteiger partial charge in [-0.2, -0.15) is 0 Å². The summed E-state index contributed by atoms with van der Waals surface area (Å²) in [5.41, 5.74) is -1.27. The van der Waals surface area contributed by atoms with Crippen molar-refractivity contribution < 1.29 is 138 Å². The smallest absolute Gasteiger partial charge is 0.409 e. The van der Waals surface area contributed by atoms with Gasteiger partial charge in [-0.25, -0.2) is 14.4 Å². The number of halogens is 1. The molecular formula is C73H111ClN6O29S. The number of alkyl carbamates (subject to hydrolysis) is 1. The number of ether oxygens (including phenoxy) is 17. The number of anilines is 1. The van der Waals surface area contributed by atoms with Crippen LogP contribution in [-0.4, -0.2) is 332 Å². The van der Waals surface area contributed by atoms with Gasteiger partial charge >= 0.3 is 18.0 Å². The van der Waals surface area contributed by atoms with Crippen LogP contribution >= 0.6 is 23.4 Å². The Kier molecular flexibility index (Phi) is 41.8. The summed E-state index contributed by atoms with van der Waals surface area (Å²) >= 11 is 7.96. The van der Waals surface area contributed by atoms with Gasteiger partial charge in [-0.1, -0.05) is 42.3 Å². The highest BCUT2D eigenvalue weighted by molar-refractivity contribution is 8.00. The predicted octanol–water partition coefficient (Wildman–Crippen LogP) is 2.47. The van der Waals surface area contributed by atoms with Crippen LogP contribution < -0.4 is 20.3 Å². The number of thioether (sulfide) groups is 1. The molecule has 1 aromatic rings. The Morgan fingerprint density at radius 2 is 1.22 bits per heavy atom. The molecule has 8 amide bonds. The molecule has 3 N–H and O–H groups in total. The minimum absolute atomic E-state index is 0.0393. The van der Waals surface area contributed by atoms with Gasteiger partial charge in [0.15, 0.2) is 5.72 Å². The molecule has 35 nitrogen and oxygen atoms in total. The molecule has 5 aliphatic heterocycles. The molecule has 1 aromatic carbocycles. The highest BCUT2D eigenvalue weighted by Crippen LogP contribution is 2.49. The fourth-order valence-electron chi connectivity index (χ4n) is 11.7. The minimum atomic E-state index is -1.90. The Morgan fingerprint density at radius 3 is 1.73 bits per heavy atom. The lowest BCUT2D eigenvalue weighted by atomic mass is 9.83. The van der Waals surface area contributed by atoms with Gasteiger partial charge in [0.05, 0.1) is 196 Å². The van der Waals surface area contributed by atoms with Crippen molar-refractivity contribution in [2.24, 2.45) is 5.92 Å². The van der Waals surface area contributed by atoms with Crippen molar-refractivity contribution in [3.63, 3.8) is 0 Å². The summed E-state index contributed by atoms with van der Waals surface area (Å²) in [5.74, 6) is -5.07. The summed E-state index contributed by atoms with van der Waals surface area (Å²) < 4.78 is 95.3. The first-order valence-corrected chi connectivity index (χ1v) is 38.4. The molecule has 9 atom stereocenters. The van der Waals surface area contributed by atoms with E-state index in [0.29, 0.717) is 155 Å². The summed E-state index contributed by atoms with van der Waals surface area (Å²) in [5, 5.41) is 17.0. The zero-order chi connectivity index (χ0) is 79.9. The first-order chi connectivity index (χ1) is 52.9. The largest absolute Gasteiger partial charge is 0.495 e. The van der Waals surface area contributed by atoms with Crippen LogP contribution in [0.2, 0.25) is 5.02 Å². The number of nitrogens with zero attached hydrogens (tertiary/aromatic N) is 4.